The van der Waals surface area contributed by atoms with Gasteiger partial charge in [0.25, 0.3) is 0 Å². The van der Waals surface area contributed by atoms with Crippen molar-refractivity contribution >= 4 is 24.3 Å². The average Bonchev–Trinajstić information content (AvgIpc) is 2.37. The van der Waals surface area contributed by atoms with Gasteiger partial charge in [0.1, 0.15) is 6.54 Å². The molecule has 0 bridgehead atoms. The quantitative estimate of drug-likeness (QED) is 0.759. The van der Waals surface area contributed by atoms with Crippen LogP contribution in [0.1, 0.15) is 40.5 Å². The van der Waals surface area contributed by atoms with Gasteiger partial charge in [0.05, 0.1) is 6.61 Å². The van der Waals surface area contributed by atoms with E-state index in [-0.39, 0.29) is 36.7 Å². The van der Waals surface area contributed by atoms with Gasteiger partial charge in [0.15, 0.2) is 0 Å². The van der Waals surface area contributed by atoms with Gasteiger partial charge in [-0.15, -0.1) is 12.4 Å². The molecule has 0 radical (unpaired) electrons. The molecule has 21 heavy (non-hydrogen) atoms. The number of hydrogen-bond donors (Lipinski definition) is 1. The van der Waals surface area contributed by atoms with Crippen molar-refractivity contribution in [2.24, 2.45) is 11.8 Å². The Bertz CT molecular complexity index is 337. The van der Waals surface area contributed by atoms with E-state index < -0.39 is 0 Å². The van der Waals surface area contributed by atoms with Crippen LogP contribution in [0, 0.1) is 11.8 Å². The zero-order valence-electron chi connectivity index (χ0n) is 13.6. The summed E-state index contributed by atoms with van der Waals surface area (Å²) >= 11 is 0. The maximum Gasteiger partial charge on any atom is 0.325 e. The monoisotopic (exact) mass is 320 g/mol. The Kier molecular flexibility index (Phi) is 9.62. The highest BCUT2D eigenvalue weighted by Crippen LogP contribution is 2.19. The average molecular weight is 321 g/mol. The predicted molar refractivity (Wildman–Crippen MR) is 85.5 cm³/mol. The lowest BCUT2D eigenvalue weighted by atomic mass is 9.91. The molecule has 0 aliphatic carbocycles. The maximum absolute atomic E-state index is 12.6. The van der Waals surface area contributed by atoms with Crippen LogP contribution in [0.2, 0.25) is 0 Å². The molecular weight excluding hydrogens is 292 g/mol. The summed E-state index contributed by atoms with van der Waals surface area (Å²) in [6.07, 6.45) is 1.69. The largest absolute Gasteiger partial charge is 0.465 e. The van der Waals surface area contributed by atoms with Crippen LogP contribution in [0.5, 0.6) is 0 Å². The summed E-state index contributed by atoms with van der Waals surface area (Å²) in [5.41, 5.74) is 0. The number of nitrogens with one attached hydrogen (secondary N) is 1. The second kappa shape index (κ2) is 10.0. The number of nitrogens with zero attached hydrogens (tertiary/aromatic N) is 1. The van der Waals surface area contributed by atoms with Gasteiger partial charge in [-0.25, -0.2) is 0 Å². The Hall–Kier alpha value is -0.810. The molecule has 1 aliphatic heterocycles. The molecule has 1 rings (SSSR count). The Morgan fingerprint density at radius 2 is 2.05 bits per heavy atom. The number of carbonyl (C=O) groups excluding carboxylic acids is 2. The lowest BCUT2D eigenvalue weighted by molar-refractivity contribution is -0.151. The van der Waals surface area contributed by atoms with E-state index in [1.165, 1.54) is 0 Å². The van der Waals surface area contributed by atoms with Crippen molar-refractivity contribution in [1.82, 2.24) is 10.2 Å². The van der Waals surface area contributed by atoms with Crippen LogP contribution in [-0.4, -0.2) is 49.1 Å². The van der Waals surface area contributed by atoms with Crippen molar-refractivity contribution in [2.75, 3.05) is 26.2 Å². The third-order valence-corrected chi connectivity index (χ3v) is 3.50. The van der Waals surface area contributed by atoms with E-state index in [4.69, 9.17) is 4.74 Å². The Morgan fingerprint density at radius 3 is 2.57 bits per heavy atom. The Morgan fingerprint density at radius 1 is 1.38 bits per heavy atom. The van der Waals surface area contributed by atoms with Crippen molar-refractivity contribution in [1.29, 1.82) is 0 Å². The minimum atomic E-state index is -0.316. The molecule has 0 spiro atoms. The predicted octanol–water partition coefficient (Wildman–Crippen LogP) is 1.84. The van der Waals surface area contributed by atoms with E-state index in [9.17, 15) is 9.59 Å². The molecule has 0 saturated carbocycles. The fraction of sp³-hybridized carbons (Fsp3) is 0.867. The second-order valence-corrected chi connectivity index (χ2v) is 5.99. The van der Waals surface area contributed by atoms with Gasteiger partial charge < -0.3 is 15.0 Å². The van der Waals surface area contributed by atoms with Gasteiger partial charge in [-0.2, -0.15) is 0 Å². The van der Waals surface area contributed by atoms with E-state index in [1.807, 2.05) is 0 Å². The summed E-state index contributed by atoms with van der Waals surface area (Å²) in [5.74, 6) is 0.149. The highest BCUT2D eigenvalue weighted by atomic mass is 35.5. The first-order chi connectivity index (χ1) is 9.43. The van der Waals surface area contributed by atoms with Gasteiger partial charge >= 0.3 is 5.97 Å². The molecule has 1 N–H and O–H groups in total. The first kappa shape index (κ1) is 20.2. The molecule has 1 aliphatic rings. The number of halogens is 1. The highest BCUT2D eigenvalue weighted by molar-refractivity contribution is 5.85. The number of amides is 1. The summed E-state index contributed by atoms with van der Waals surface area (Å²) in [6.45, 7) is 9.88. The molecule has 124 valence electrons. The number of hydrogen-bond acceptors (Lipinski definition) is 4. The molecule has 2 atom stereocenters. The molecule has 1 amide bonds. The van der Waals surface area contributed by atoms with Crippen LogP contribution in [0.4, 0.5) is 0 Å². The molecule has 1 fully saturated rings. The first-order valence-electron chi connectivity index (χ1n) is 7.61. The number of piperidine rings is 1. The van der Waals surface area contributed by atoms with Crippen molar-refractivity contribution in [3.05, 3.63) is 0 Å². The van der Waals surface area contributed by atoms with E-state index >= 15 is 0 Å². The second-order valence-electron chi connectivity index (χ2n) is 5.99. The number of ether oxygens (including phenoxy) is 1. The van der Waals surface area contributed by atoms with Gasteiger partial charge in [-0.05, 0) is 39.2 Å². The molecule has 0 unspecified atom stereocenters. The van der Waals surface area contributed by atoms with Crippen molar-refractivity contribution in [3.63, 3.8) is 0 Å². The van der Waals surface area contributed by atoms with E-state index in [1.54, 1.807) is 11.8 Å². The van der Waals surface area contributed by atoms with E-state index in [0.717, 1.165) is 19.4 Å². The van der Waals surface area contributed by atoms with Gasteiger partial charge in [-0.1, -0.05) is 13.8 Å². The van der Waals surface area contributed by atoms with Gasteiger partial charge in [0, 0.05) is 18.5 Å². The summed E-state index contributed by atoms with van der Waals surface area (Å²) in [6, 6.07) is 0.362. The summed E-state index contributed by atoms with van der Waals surface area (Å²) < 4.78 is 4.97. The minimum absolute atomic E-state index is 0. The minimum Gasteiger partial charge on any atom is -0.465 e. The molecule has 5 nitrogen and oxygen atoms in total. The molecule has 6 heteroatoms. The van der Waals surface area contributed by atoms with Crippen LogP contribution in [0.25, 0.3) is 0 Å². The molecule has 0 aromatic heterocycles. The molecule has 1 heterocycles. The number of carbonyl (C=O) groups is 2. The third-order valence-electron chi connectivity index (χ3n) is 3.50. The van der Waals surface area contributed by atoms with Crippen molar-refractivity contribution in [2.45, 2.75) is 46.6 Å². The Balaban J connectivity index is 0.00000400. The third kappa shape index (κ3) is 7.14. The van der Waals surface area contributed by atoms with Crippen LogP contribution < -0.4 is 5.32 Å². The van der Waals surface area contributed by atoms with Gasteiger partial charge in [0.2, 0.25) is 5.91 Å². The van der Waals surface area contributed by atoms with Crippen LogP contribution in [0.3, 0.4) is 0 Å². The van der Waals surface area contributed by atoms with E-state index in [2.05, 4.69) is 26.1 Å². The Labute approximate surface area is 134 Å². The highest BCUT2D eigenvalue weighted by Gasteiger charge is 2.30. The topological polar surface area (TPSA) is 58.6 Å². The summed E-state index contributed by atoms with van der Waals surface area (Å²) in [7, 11) is 0. The van der Waals surface area contributed by atoms with Crippen LogP contribution in [-0.2, 0) is 14.3 Å². The number of rotatable bonds is 6. The normalized spacial score (nSPS) is 21.6. The smallest absolute Gasteiger partial charge is 0.325 e. The van der Waals surface area contributed by atoms with Crippen LogP contribution in [0.15, 0.2) is 0 Å². The fourth-order valence-corrected chi connectivity index (χ4v) is 2.65. The maximum atomic E-state index is 12.6. The zero-order valence-corrected chi connectivity index (χ0v) is 14.4. The lowest BCUT2D eigenvalue weighted by Crippen LogP contribution is -2.46. The van der Waals surface area contributed by atoms with E-state index in [0.29, 0.717) is 25.1 Å². The molecule has 0 aromatic rings. The SMILES string of the molecule is CCOC(=O)CN(CC(C)C)C(=O)[C@H]1CCN[C@@H](C)C1.Cl. The molecular formula is C15H29ClN2O3. The van der Waals surface area contributed by atoms with Crippen LogP contribution >= 0.6 is 12.4 Å². The number of esters is 1. The fourth-order valence-electron chi connectivity index (χ4n) is 2.65. The summed E-state index contributed by atoms with van der Waals surface area (Å²) in [4.78, 5) is 25.9. The van der Waals surface area contributed by atoms with Gasteiger partial charge in [-0.3, -0.25) is 9.59 Å². The summed E-state index contributed by atoms with van der Waals surface area (Å²) in [5, 5.41) is 3.35. The van der Waals surface area contributed by atoms with Crippen molar-refractivity contribution in [3.8, 4) is 0 Å². The molecule has 0 aromatic carbocycles. The first-order valence-corrected chi connectivity index (χ1v) is 7.61. The molecule has 1 saturated heterocycles. The standard InChI is InChI=1S/C15H28N2O3.ClH/c1-5-20-14(18)10-17(9-11(2)3)15(19)13-6-7-16-12(4)8-13;/h11-13,16H,5-10H2,1-4H3;1H/t12-,13-;/m0./s1. The lowest BCUT2D eigenvalue weighted by Gasteiger charge is -2.32. The zero-order chi connectivity index (χ0) is 15.1. The van der Waals surface area contributed by atoms with Crippen molar-refractivity contribution < 1.29 is 14.3 Å².